The first kappa shape index (κ1) is 22.5. The summed E-state index contributed by atoms with van der Waals surface area (Å²) >= 11 is 12.1. The summed E-state index contributed by atoms with van der Waals surface area (Å²) in [5.74, 6) is -1.13. The fourth-order valence-electron chi connectivity index (χ4n) is 2.95. The summed E-state index contributed by atoms with van der Waals surface area (Å²) in [5.41, 5.74) is 8.00. The largest absolute Gasteiger partial charge is 0.365 e. The van der Waals surface area contributed by atoms with Gasteiger partial charge in [0.1, 0.15) is 15.9 Å². The lowest BCUT2D eigenvalue weighted by Gasteiger charge is -2.23. The Balaban J connectivity index is 2.10. The maximum atomic E-state index is 13.5. The van der Waals surface area contributed by atoms with E-state index in [1.54, 1.807) is 12.1 Å². The second kappa shape index (κ2) is 9.73. The average molecular weight is 455 g/mol. The van der Waals surface area contributed by atoms with Crippen LogP contribution in [0, 0.1) is 0 Å². The van der Waals surface area contributed by atoms with Crippen LogP contribution in [0.3, 0.4) is 0 Å². The van der Waals surface area contributed by atoms with Gasteiger partial charge in [-0.2, -0.15) is 0 Å². The van der Waals surface area contributed by atoms with E-state index in [0.29, 0.717) is 22.9 Å². The van der Waals surface area contributed by atoms with Gasteiger partial charge in [0.15, 0.2) is 0 Å². The number of anilines is 2. The number of hydrogen-bond donors (Lipinski definition) is 1. The predicted molar refractivity (Wildman–Crippen MR) is 123 cm³/mol. The first-order chi connectivity index (χ1) is 14.8. The molecule has 8 heteroatoms. The number of halogens is 2. The monoisotopic (exact) mass is 454 g/mol. The second-order valence-electron chi connectivity index (χ2n) is 7.06. The molecule has 2 heterocycles. The molecular formula is C23H20Cl2N4O2. The Morgan fingerprint density at radius 3 is 1.87 bits per heavy atom. The minimum Gasteiger partial charge on any atom is -0.365 e. The number of primary amides is 1. The molecule has 0 saturated carbocycles. The van der Waals surface area contributed by atoms with Gasteiger partial charge in [-0.15, -0.1) is 0 Å². The quantitative estimate of drug-likeness (QED) is 0.241. The van der Waals surface area contributed by atoms with Crippen molar-refractivity contribution in [2.24, 2.45) is 5.73 Å². The molecule has 0 saturated heterocycles. The van der Waals surface area contributed by atoms with Crippen molar-refractivity contribution in [2.45, 2.75) is 19.8 Å². The Kier molecular flexibility index (Phi) is 7.05. The lowest BCUT2D eigenvalue weighted by atomic mass is 10.0. The third-order valence-corrected chi connectivity index (χ3v) is 4.96. The van der Waals surface area contributed by atoms with Gasteiger partial charge >= 0.3 is 0 Å². The van der Waals surface area contributed by atoms with Gasteiger partial charge in [0.2, 0.25) is 0 Å². The van der Waals surface area contributed by atoms with Gasteiger partial charge in [-0.1, -0.05) is 61.3 Å². The van der Waals surface area contributed by atoms with Crippen LogP contribution >= 0.6 is 23.2 Å². The third kappa shape index (κ3) is 5.48. The van der Waals surface area contributed by atoms with E-state index in [0.717, 1.165) is 5.56 Å². The Morgan fingerprint density at radius 2 is 1.45 bits per heavy atom. The van der Waals surface area contributed by atoms with E-state index in [-0.39, 0.29) is 15.9 Å². The highest BCUT2D eigenvalue weighted by Crippen LogP contribution is 2.30. The standard InChI is InChI=1S/C23H20Cl2N4O2/c1-14(2)16-5-3-15(4-6-16)11-19(22(26)30)23(31)29(17-7-9-27-20(24)12-17)18-8-10-28-21(25)13-18/h3-14H,1-2H3,(H2,26,30). The number of hydrogen-bond acceptors (Lipinski definition) is 4. The zero-order chi connectivity index (χ0) is 22.5. The lowest BCUT2D eigenvalue weighted by molar-refractivity contribution is -0.120. The molecule has 0 aliphatic heterocycles. The van der Waals surface area contributed by atoms with E-state index in [1.165, 1.54) is 35.5 Å². The zero-order valence-corrected chi connectivity index (χ0v) is 18.4. The number of pyridine rings is 2. The summed E-state index contributed by atoms with van der Waals surface area (Å²) in [5, 5.41) is 0.369. The van der Waals surface area contributed by atoms with Gasteiger partial charge < -0.3 is 5.73 Å². The number of nitrogens with zero attached hydrogens (tertiary/aromatic N) is 3. The van der Waals surface area contributed by atoms with Crippen LogP contribution in [0.1, 0.15) is 30.9 Å². The van der Waals surface area contributed by atoms with Crippen LogP contribution in [0.25, 0.3) is 6.08 Å². The first-order valence-electron chi connectivity index (χ1n) is 9.45. The van der Waals surface area contributed by atoms with Crippen LogP contribution in [0.4, 0.5) is 11.4 Å². The Bertz CT molecular complexity index is 1100. The molecule has 0 aliphatic carbocycles. The molecule has 0 fully saturated rings. The molecule has 2 N–H and O–H groups in total. The number of aromatic nitrogens is 2. The van der Waals surface area contributed by atoms with Crippen molar-refractivity contribution in [3.8, 4) is 0 Å². The van der Waals surface area contributed by atoms with Gasteiger partial charge in [0.05, 0.1) is 11.4 Å². The molecule has 2 aromatic heterocycles. The predicted octanol–water partition coefficient (Wildman–Crippen LogP) is 5.14. The summed E-state index contributed by atoms with van der Waals surface area (Å²) < 4.78 is 0. The van der Waals surface area contributed by atoms with Crippen molar-refractivity contribution in [1.82, 2.24) is 9.97 Å². The van der Waals surface area contributed by atoms with Crippen LogP contribution in [0.2, 0.25) is 10.3 Å². The minimum atomic E-state index is -0.858. The summed E-state index contributed by atoms with van der Waals surface area (Å²) in [6, 6.07) is 13.8. The van der Waals surface area contributed by atoms with Crippen molar-refractivity contribution in [3.05, 3.63) is 87.9 Å². The normalized spacial score (nSPS) is 11.5. The first-order valence-corrected chi connectivity index (χ1v) is 10.2. The molecule has 31 heavy (non-hydrogen) atoms. The number of nitrogens with two attached hydrogens (primary N) is 1. The van der Waals surface area contributed by atoms with Crippen LogP contribution < -0.4 is 10.6 Å². The molecule has 1 aromatic carbocycles. The van der Waals surface area contributed by atoms with E-state index in [9.17, 15) is 9.59 Å². The molecule has 158 valence electrons. The van der Waals surface area contributed by atoms with E-state index < -0.39 is 11.8 Å². The van der Waals surface area contributed by atoms with Crippen LogP contribution in [0.15, 0.2) is 66.5 Å². The molecule has 0 atom stereocenters. The summed E-state index contributed by atoms with van der Waals surface area (Å²) in [4.78, 5) is 35.0. The highest BCUT2D eigenvalue weighted by Gasteiger charge is 2.26. The highest BCUT2D eigenvalue weighted by molar-refractivity contribution is 6.31. The molecule has 3 aromatic rings. The summed E-state index contributed by atoms with van der Waals surface area (Å²) in [7, 11) is 0. The number of carbonyl (C=O) groups excluding carboxylic acids is 2. The van der Waals surface area contributed by atoms with E-state index in [2.05, 4.69) is 23.8 Å². The maximum Gasteiger partial charge on any atom is 0.268 e. The molecule has 0 spiro atoms. The van der Waals surface area contributed by atoms with Crippen LogP contribution in [0.5, 0.6) is 0 Å². The summed E-state index contributed by atoms with van der Waals surface area (Å²) in [6.07, 6.45) is 4.38. The smallest absolute Gasteiger partial charge is 0.268 e. The third-order valence-electron chi connectivity index (χ3n) is 4.55. The van der Waals surface area contributed by atoms with Crippen molar-refractivity contribution in [2.75, 3.05) is 4.90 Å². The molecule has 6 nitrogen and oxygen atoms in total. The van der Waals surface area contributed by atoms with E-state index in [1.807, 2.05) is 24.3 Å². The Hall–Kier alpha value is -3.22. The molecule has 0 radical (unpaired) electrons. The van der Waals surface area contributed by atoms with Crippen molar-refractivity contribution < 1.29 is 9.59 Å². The van der Waals surface area contributed by atoms with E-state index >= 15 is 0 Å². The summed E-state index contributed by atoms with van der Waals surface area (Å²) in [6.45, 7) is 4.17. The fourth-order valence-corrected chi connectivity index (χ4v) is 3.29. The van der Waals surface area contributed by atoms with Gasteiger partial charge in [0.25, 0.3) is 11.8 Å². The molecule has 0 bridgehead atoms. The topological polar surface area (TPSA) is 89.2 Å². The van der Waals surface area contributed by atoms with Crippen molar-refractivity contribution >= 4 is 52.5 Å². The highest BCUT2D eigenvalue weighted by atomic mass is 35.5. The minimum absolute atomic E-state index is 0.185. The van der Waals surface area contributed by atoms with Crippen molar-refractivity contribution in [1.29, 1.82) is 0 Å². The molecule has 0 unspecified atom stereocenters. The van der Waals surface area contributed by atoms with E-state index in [4.69, 9.17) is 28.9 Å². The van der Waals surface area contributed by atoms with Crippen molar-refractivity contribution in [3.63, 3.8) is 0 Å². The lowest BCUT2D eigenvalue weighted by Crippen LogP contribution is -2.33. The maximum absolute atomic E-state index is 13.5. The Morgan fingerprint density at radius 1 is 0.935 bits per heavy atom. The number of amides is 2. The fraction of sp³-hybridized carbons (Fsp3) is 0.130. The number of rotatable bonds is 6. The SMILES string of the molecule is CC(C)c1ccc(C=C(C(N)=O)C(=O)N(c2ccnc(Cl)c2)c2ccnc(Cl)c2)cc1. The molecule has 0 aliphatic rings. The number of benzene rings is 1. The van der Waals surface area contributed by atoms with Gasteiger partial charge in [-0.25, -0.2) is 9.97 Å². The van der Waals surface area contributed by atoms with Gasteiger partial charge in [-0.05, 0) is 47.4 Å². The zero-order valence-electron chi connectivity index (χ0n) is 16.9. The van der Waals surface area contributed by atoms with Crippen LogP contribution in [-0.4, -0.2) is 21.8 Å². The number of carbonyl (C=O) groups is 2. The Labute approximate surface area is 190 Å². The van der Waals surface area contributed by atoms with Crippen LogP contribution in [-0.2, 0) is 9.59 Å². The average Bonchev–Trinajstić information content (AvgIpc) is 2.72. The van der Waals surface area contributed by atoms with Gasteiger partial charge in [0, 0.05) is 12.4 Å². The van der Waals surface area contributed by atoms with Gasteiger partial charge in [-0.3, -0.25) is 14.5 Å². The molecule has 2 amide bonds. The second-order valence-corrected chi connectivity index (χ2v) is 7.83. The molecular weight excluding hydrogens is 435 g/mol. The molecule has 3 rings (SSSR count).